The fourth-order valence-electron chi connectivity index (χ4n) is 8.39. The summed E-state index contributed by atoms with van der Waals surface area (Å²) in [4.78, 5) is 51.4. The Morgan fingerprint density at radius 1 is 0.600 bits per heavy atom. The van der Waals surface area contributed by atoms with Crippen LogP contribution in [0.2, 0.25) is 0 Å². The van der Waals surface area contributed by atoms with E-state index in [1.165, 1.54) is 13.5 Å². The zero-order chi connectivity index (χ0) is 31.9. The summed E-state index contributed by atoms with van der Waals surface area (Å²) >= 11 is 0. The summed E-state index contributed by atoms with van der Waals surface area (Å²) in [5.74, 6) is 2.16. The molecule has 12 nitrogen and oxygen atoms in total. The molecule has 0 radical (unpaired) electrons. The van der Waals surface area contributed by atoms with Gasteiger partial charge in [-0.25, -0.2) is 24.2 Å². The number of alkyl carbamates (subject to hydrolysis) is 3. The summed E-state index contributed by atoms with van der Waals surface area (Å²) in [6, 6.07) is 0.328. The summed E-state index contributed by atoms with van der Waals surface area (Å²) in [6.45, 7) is -0.473. The van der Waals surface area contributed by atoms with E-state index >= 15 is 0 Å². The number of amides is 3. The molecule has 0 aromatic carbocycles. The SMILES string of the molecule is COCOC(=O)NC1CCCC(CC2CCCC(NC(=O)OCOC(=O)NC3CCCC(CC4CCCC(N=C=O)C4)C3)C2)C1. The van der Waals surface area contributed by atoms with Crippen molar-refractivity contribution in [3.05, 3.63) is 0 Å². The van der Waals surface area contributed by atoms with Crippen LogP contribution < -0.4 is 16.0 Å². The predicted octanol–water partition coefficient (Wildman–Crippen LogP) is 6.08. The van der Waals surface area contributed by atoms with Crippen LogP contribution in [0, 0.1) is 23.7 Å². The van der Waals surface area contributed by atoms with Crippen LogP contribution in [-0.2, 0) is 23.7 Å². The van der Waals surface area contributed by atoms with Gasteiger partial charge in [0.15, 0.2) is 6.79 Å². The molecule has 45 heavy (non-hydrogen) atoms. The Labute approximate surface area is 267 Å². The third-order valence-electron chi connectivity index (χ3n) is 10.3. The Bertz CT molecular complexity index is 992. The third-order valence-corrected chi connectivity index (χ3v) is 10.3. The molecule has 0 aliphatic heterocycles. The van der Waals surface area contributed by atoms with E-state index in [-0.39, 0.29) is 31.0 Å². The van der Waals surface area contributed by atoms with Gasteiger partial charge in [-0.1, -0.05) is 51.4 Å². The van der Waals surface area contributed by atoms with E-state index in [9.17, 15) is 19.2 Å². The lowest BCUT2D eigenvalue weighted by molar-refractivity contribution is 0.00969. The molecule has 4 aliphatic carbocycles. The first-order valence-corrected chi connectivity index (χ1v) is 17.3. The van der Waals surface area contributed by atoms with Gasteiger partial charge in [0.1, 0.15) is 0 Å². The monoisotopic (exact) mass is 634 g/mol. The summed E-state index contributed by atoms with van der Waals surface area (Å²) in [7, 11) is 1.49. The molecule has 0 aromatic heterocycles. The maximum Gasteiger partial charge on any atom is 0.410 e. The Kier molecular flexibility index (Phi) is 14.8. The second-order valence-corrected chi connectivity index (χ2v) is 13.8. The fourth-order valence-corrected chi connectivity index (χ4v) is 8.39. The number of carbonyl (C=O) groups excluding carboxylic acids is 4. The van der Waals surface area contributed by atoms with Gasteiger partial charge in [-0.15, -0.1) is 0 Å². The van der Waals surface area contributed by atoms with Crippen molar-refractivity contribution >= 4 is 24.4 Å². The van der Waals surface area contributed by atoms with Gasteiger partial charge in [0.05, 0.1) is 6.04 Å². The van der Waals surface area contributed by atoms with Gasteiger partial charge in [0.25, 0.3) is 0 Å². The maximum atomic E-state index is 12.5. The second-order valence-electron chi connectivity index (χ2n) is 13.8. The van der Waals surface area contributed by atoms with Crippen molar-refractivity contribution < 1.29 is 38.1 Å². The molecule has 3 N–H and O–H groups in total. The molecule has 0 saturated heterocycles. The lowest BCUT2D eigenvalue weighted by atomic mass is 9.75. The largest absolute Gasteiger partial charge is 0.422 e. The van der Waals surface area contributed by atoms with Crippen LogP contribution in [0.3, 0.4) is 0 Å². The number of isocyanates is 1. The number of nitrogens with zero attached hydrogens (tertiary/aromatic N) is 1. The summed E-state index contributed by atoms with van der Waals surface area (Å²) in [5, 5.41) is 8.88. The molecular formula is C33H54N4O8. The smallest absolute Gasteiger partial charge is 0.410 e. The number of aliphatic imine (C=N–C) groups is 1. The molecule has 4 aliphatic rings. The van der Waals surface area contributed by atoms with E-state index in [0.717, 1.165) is 109 Å². The van der Waals surface area contributed by atoms with E-state index in [0.29, 0.717) is 23.7 Å². The normalized spacial score (nSPS) is 31.8. The van der Waals surface area contributed by atoms with Crippen LogP contribution in [0.5, 0.6) is 0 Å². The highest BCUT2D eigenvalue weighted by atomic mass is 16.7. The average Bonchev–Trinajstić information content (AvgIpc) is 3.01. The highest BCUT2D eigenvalue weighted by molar-refractivity contribution is 5.69. The van der Waals surface area contributed by atoms with Crippen LogP contribution in [0.25, 0.3) is 0 Å². The van der Waals surface area contributed by atoms with Crippen molar-refractivity contribution in [1.29, 1.82) is 0 Å². The molecule has 3 amide bonds. The van der Waals surface area contributed by atoms with E-state index in [4.69, 9.17) is 18.9 Å². The molecule has 4 rings (SSSR count). The first-order chi connectivity index (χ1) is 21.9. The van der Waals surface area contributed by atoms with Crippen molar-refractivity contribution in [3.8, 4) is 0 Å². The molecule has 8 atom stereocenters. The summed E-state index contributed by atoms with van der Waals surface area (Å²) in [6.07, 6.45) is 18.7. The minimum Gasteiger partial charge on any atom is -0.422 e. The molecule has 254 valence electrons. The Morgan fingerprint density at radius 2 is 1.00 bits per heavy atom. The molecule has 4 saturated carbocycles. The first-order valence-electron chi connectivity index (χ1n) is 17.3. The maximum absolute atomic E-state index is 12.5. The van der Waals surface area contributed by atoms with Gasteiger partial charge >= 0.3 is 18.3 Å². The quantitative estimate of drug-likeness (QED) is 0.133. The molecule has 12 heteroatoms. The van der Waals surface area contributed by atoms with Crippen molar-refractivity contribution in [2.24, 2.45) is 28.7 Å². The van der Waals surface area contributed by atoms with E-state index < -0.39 is 25.1 Å². The Balaban J connectivity index is 1.08. The highest BCUT2D eigenvalue weighted by Gasteiger charge is 2.31. The van der Waals surface area contributed by atoms with Crippen LogP contribution in [-0.4, -0.2) is 69.2 Å². The highest BCUT2D eigenvalue weighted by Crippen LogP contribution is 2.37. The van der Waals surface area contributed by atoms with Crippen molar-refractivity contribution in [2.45, 2.75) is 140 Å². The van der Waals surface area contributed by atoms with Gasteiger partial charge in [0, 0.05) is 25.2 Å². The van der Waals surface area contributed by atoms with Crippen LogP contribution in [0.4, 0.5) is 14.4 Å². The molecule has 4 fully saturated rings. The van der Waals surface area contributed by atoms with Gasteiger partial charge in [-0.3, -0.25) is 0 Å². The zero-order valence-electron chi connectivity index (χ0n) is 27.0. The lowest BCUT2D eigenvalue weighted by Gasteiger charge is -2.35. The second kappa shape index (κ2) is 19.0. The van der Waals surface area contributed by atoms with E-state index in [1.54, 1.807) is 6.08 Å². The van der Waals surface area contributed by atoms with Crippen LogP contribution >= 0.6 is 0 Å². The van der Waals surface area contributed by atoms with Gasteiger partial charge in [-0.2, -0.15) is 0 Å². The number of ether oxygens (including phenoxy) is 4. The molecular weight excluding hydrogens is 580 g/mol. The molecule has 0 heterocycles. The number of methoxy groups -OCH3 is 1. The Morgan fingerprint density at radius 3 is 1.42 bits per heavy atom. The number of hydrogen-bond acceptors (Lipinski definition) is 9. The van der Waals surface area contributed by atoms with Gasteiger partial charge in [-0.05, 0) is 87.9 Å². The first kappa shape index (κ1) is 35.0. The molecule has 0 spiro atoms. The van der Waals surface area contributed by atoms with Crippen LogP contribution in [0.15, 0.2) is 4.99 Å². The summed E-state index contributed by atoms with van der Waals surface area (Å²) in [5.41, 5.74) is 0. The Hall–Kier alpha value is -2.85. The number of rotatable bonds is 12. The number of carbonyl (C=O) groups is 3. The molecule has 0 aromatic rings. The van der Waals surface area contributed by atoms with Crippen molar-refractivity contribution in [1.82, 2.24) is 16.0 Å². The van der Waals surface area contributed by atoms with Crippen LogP contribution in [0.1, 0.15) is 116 Å². The van der Waals surface area contributed by atoms with Gasteiger partial charge < -0.3 is 34.9 Å². The minimum atomic E-state index is -0.563. The molecule has 8 unspecified atom stereocenters. The minimum absolute atomic E-state index is 0.0375. The van der Waals surface area contributed by atoms with Crippen molar-refractivity contribution in [3.63, 3.8) is 0 Å². The van der Waals surface area contributed by atoms with E-state index in [1.807, 2.05) is 0 Å². The average molecular weight is 635 g/mol. The zero-order valence-corrected chi connectivity index (χ0v) is 27.0. The van der Waals surface area contributed by atoms with Gasteiger partial charge in [0.2, 0.25) is 12.9 Å². The lowest BCUT2D eigenvalue weighted by Crippen LogP contribution is -2.41. The topological polar surface area (TPSA) is 154 Å². The van der Waals surface area contributed by atoms with E-state index in [2.05, 4.69) is 20.9 Å². The predicted molar refractivity (Wildman–Crippen MR) is 166 cm³/mol. The third kappa shape index (κ3) is 12.8. The molecule has 0 bridgehead atoms. The standard InChI is InChI=1S/C33H54N4O8/c1-42-21-43-31(39)35-28-11-4-8-25(18-28)15-26-9-5-13-30(19-26)37-33(41)45-22-44-32(40)36-29-12-3-7-24(17-29)14-23-6-2-10-27(16-23)34-20-38/h23-30H,2-19,21-22H2,1H3,(H,35,39)(H,36,40)(H,37,41). The fraction of sp³-hybridized carbons (Fsp3) is 0.879. The number of hydrogen-bond donors (Lipinski definition) is 3. The summed E-state index contributed by atoms with van der Waals surface area (Å²) < 4.78 is 20.1. The van der Waals surface area contributed by atoms with Crippen molar-refractivity contribution in [2.75, 3.05) is 20.7 Å². The number of nitrogens with one attached hydrogen (secondary N) is 3.